The molecule has 1 heterocycles. The Kier molecular flexibility index (Phi) is 6.74. The number of nitrogens with one attached hydrogen (secondary N) is 1. The van der Waals surface area contributed by atoms with E-state index >= 15 is 0 Å². The predicted molar refractivity (Wildman–Crippen MR) is 88.5 cm³/mol. The van der Waals surface area contributed by atoms with Gasteiger partial charge < -0.3 is 10.2 Å². The van der Waals surface area contributed by atoms with Crippen molar-refractivity contribution >= 4 is 11.6 Å². The number of nitrogens with zero attached hydrogens (tertiary/aromatic N) is 1. The van der Waals surface area contributed by atoms with Crippen molar-refractivity contribution in [1.29, 1.82) is 0 Å². The summed E-state index contributed by atoms with van der Waals surface area (Å²) in [5, 5.41) is 3.38. The summed E-state index contributed by atoms with van der Waals surface area (Å²) in [5.74, 6) is 0.279. The number of anilines is 1. The third-order valence-electron chi connectivity index (χ3n) is 4.16. The molecular weight excluding hydrogens is 260 g/mol. The predicted octanol–water partition coefficient (Wildman–Crippen LogP) is 3.87. The van der Waals surface area contributed by atoms with Crippen LogP contribution in [0.3, 0.4) is 0 Å². The third-order valence-corrected chi connectivity index (χ3v) is 4.16. The highest BCUT2D eigenvalue weighted by molar-refractivity contribution is 5.94. The van der Waals surface area contributed by atoms with Gasteiger partial charge in [-0.2, -0.15) is 0 Å². The average molecular weight is 288 g/mol. The zero-order chi connectivity index (χ0) is 14.9. The van der Waals surface area contributed by atoms with Crippen LogP contribution < -0.4 is 10.2 Å². The fourth-order valence-corrected chi connectivity index (χ4v) is 2.91. The van der Waals surface area contributed by atoms with Gasteiger partial charge in [-0.1, -0.05) is 57.2 Å². The lowest BCUT2D eigenvalue weighted by Crippen LogP contribution is -2.34. The van der Waals surface area contributed by atoms with E-state index in [0.717, 1.165) is 31.7 Å². The summed E-state index contributed by atoms with van der Waals surface area (Å²) in [6.45, 7) is 4.74. The molecule has 0 aromatic heterocycles. The van der Waals surface area contributed by atoms with Gasteiger partial charge in [-0.3, -0.25) is 4.79 Å². The normalized spacial score (nSPS) is 14.6. The molecule has 0 atom stereocenters. The summed E-state index contributed by atoms with van der Waals surface area (Å²) in [5.41, 5.74) is 2.32. The van der Waals surface area contributed by atoms with E-state index in [0.29, 0.717) is 6.42 Å². The molecule has 1 aliphatic heterocycles. The smallest absolute Gasteiger partial charge is 0.227 e. The molecule has 0 spiro atoms. The van der Waals surface area contributed by atoms with E-state index in [1.807, 2.05) is 17.0 Å². The number of carbonyl (C=O) groups is 1. The van der Waals surface area contributed by atoms with Crippen LogP contribution in [0.2, 0.25) is 0 Å². The third kappa shape index (κ3) is 4.85. The number of benzene rings is 1. The number of fused-ring (bicyclic) bond motifs is 1. The molecule has 1 aromatic rings. The molecular formula is C18H28N2O. The summed E-state index contributed by atoms with van der Waals surface area (Å²) in [7, 11) is 0. The maximum Gasteiger partial charge on any atom is 0.227 e. The van der Waals surface area contributed by atoms with E-state index in [1.165, 1.54) is 37.7 Å². The largest absolute Gasteiger partial charge is 0.311 e. The van der Waals surface area contributed by atoms with Gasteiger partial charge in [0.05, 0.1) is 0 Å². The minimum Gasteiger partial charge on any atom is -0.311 e. The van der Waals surface area contributed by atoms with Gasteiger partial charge in [-0.25, -0.2) is 0 Å². The molecule has 1 amide bonds. The fourth-order valence-electron chi connectivity index (χ4n) is 2.91. The Morgan fingerprint density at radius 2 is 1.90 bits per heavy atom. The van der Waals surface area contributed by atoms with Crippen LogP contribution in [0.25, 0.3) is 0 Å². The molecule has 0 saturated carbocycles. The van der Waals surface area contributed by atoms with E-state index in [2.05, 4.69) is 24.4 Å². The Morgan fingerprint density at radius 1 is 1.14 bits per heavy atom. The van der Waals surface area contributed by atoms with Gasteiger partial charge >= 0.3 is 0 Å². The number of carbonyl (C=O) groups excluding carboxylic acids is 1. The van der Waals surface area contributed by atoms with E-state index < -0.39 is 0 Å². The quantitative estimate of drug-likeness (QED) is 0.772. The van der Waals surface area contributed by atoms with Crippen LogP contribution in [0.4, 0.5) is 5.69 Å². The molecule has 0 bridgehead atoms. The Hall–Kier alpha value is -1.35. The first-order valence-electron chi connectivity index (χ1n) is 8.42. The monoisotopic (exact) mass is 288 g/mol. The second-order valence-corrected chi connectivity index (χ2v) is 5.87. The lowest BCUT2D eigenvalue weighted by molar-refractivity contribution is -0.118. The van der Waals surface area contributed by atoms with Crippen LogP contribution in [0.5, 0.6) is 0 Å². The molecule has 1 N–H and O–H groups in total. The minimum atomic E-state index is 0.279. The Balaban J connectivity index is 1.84. The minimum absolute atomic E-state index is 0.279. The van der Waals surface area contributed by atoms with E-state index in [1.54, 1.807) is 0 Å². The van der Waals surface area contributed by atoms with E-state index in [4.69, 9.17) is 0 Å². The second kappa shape index (κ2) is 8.83. The summed E-state index contributed by atoms with van der Waals surface area (Å²) in [4.78, 5) is 14.5. The first-order valence-corrected chi connectivity index (χ1v) is 8.42. The van der Waals surface area contributed by atoms with Crippen molar-refractivity contribution in [3.8, 4) is 0 Å². The van der Waals surface area contributed by atoms with Gasteiger partial charge in [-0.05, 0) is 18.1 Å². The number of hydrogen-bond acceptors (Lipinski definition) is 2. The van der Waals surface area contributed by atoms with Crippen molar-refractivity contribution < 1.29 is 4.79 Å². The van der Waals surface area contributed by atoms with Crippen LogP contribution in [0, 0.1) is 0 Å². The Bertz CT molecular complexity index is 445. The Labute approximate surface area is 128 Å². The number of unbranched alkanes of at least 4 members (excludes halogenated alkanes) is 5. The first kappa shape index (κ1) is 16.0. The zero-order valence-electron chi connectivity index (χ0n) is 13.2. The molecule has 0 radical (unpaired) electrons. The van der Waals surface area contributed by atoms with Gasteiger partial charge in [-0.15, -0.1) is 0 Å². The van der Waals surface area contributed by atoms with Crippen molar-refractivity contribution in [2.75, 3.05) is 18.0 Å². The van der Waals surface area contributed by atoms with Crippen molar-refractivity contribution in [3.05, 3.63) is 29.8 Å². The molecule has 21 heavy (non-hydrogen) atoms. The topological polar surface area (TPSA) is 32.3 Å². The van der Waals surface area contributed by atoms with Crippen LogP contribution in [0.15, 0.2) is 24.3 Å². The molecule has 3 heteroatoms. The van der Waals surface area contributed by atoms with Crippen LogP contribution in [0.1, 0.15) is 57.4 Å². The van der Waals surface area contributed by atoms with Crippen LogP contribution in [-0.4, -0.2) is 19.0 Å². The van der Waals surface area contributed by atoms with Gasteiger partial charge in [0, 0.05) is 31.7 Å². The molecule has 0 saturated heterocycles. The molecule has 0 unspecified atom stereocenters. The highest BCUT2D eigenvalue weighted by atomic mass is 16.2. The van der Waals surface area contributed by atoms with E-state index in [-0.39, 0.29) is 5.91 Å². The first-order chi connectivity index (χ1) is 10.3. The van der Waals surface area contributed by atoms with Crippen molar-refractivity contribution in [1.82, 2.24) is 5.32 Å². The van der Waals surface area contributed by atoms with Crippen LogP contribution >= 0.6 is 0 Å². The van der Waals surface area contributed by atoms with E-state index in [9.17, 15) is 4.79 Å². The van der Waals surface area contributed by atoms with Gasteiger partial charge in [0.15, 0.2) is 0 Å². The molecule has 116 valence electrons. The molecule has 0 aliphatic carbocycles. The number of hydrogen-bond donors (Lipinski definition) is 1. The van der Waals surface area contributed by atoms with Gasteiger partial charge in [0.2, 0.25) is 5.91 Å². The fraction of sp³-hybridized carbons (Fsp3) is 0.611. The SMILES string of the molecule is CCCCCCCCC(=O)N1CCNCc2ccccc21. The summed E-state index contributed by atoms with van der Waals surface area (Å²) >= 11 is 0. The molecule has 3 nitrogen and oxygen atoms in total. The summed E-state index contributed by atoms with van der Waals surface area (Å²) < 4.78 is 0. The van der Waals surface area contributed by atoms with Gasteiger partial charge in [0.25, 0.3) is 0 Å². The summed E-state index contributed by atoms with van der Waals surface area (Å²) in [6, 6.07) is 8.25. The molecule has 2 rings (SSSR count). The number of amides is 1. The molecule has 1 aliphatic rings. The number of para-hydroxylation sites is 1. The second-order valence-electron chi connectivity index (χ2n) is 5.87. The molecule has 0 fully saturated rings. The standard InChI is InChI=1S/C18H28N2O/c1-2-3-4-5-6-7-12-18(21)20-14-13-19-15-16-10-8-9-11-17(16)20/h8-11,19H,2-7,12-15H2,1H3. The van der Waals surface area contributed by atoms with Crippen LogP contribution in [-0.2, 0) is 11.3 Å². The molecule has 1 aromatic carbocycles. The highest BCUT2D eigenvalue weighted by Crippen LogP contribution is 2.23. The average Bonchev–Trinajstić information content (AvgIpc) is 2.73. The Morgan fingerprint density at radius 3 is 2.76 bits per heavy atom. The lowest BCUT2D eigenvalue weighted by Gasteiger charge is -2.22. The maximum absolute atomic E-state index is 12.5. The maximum atomic E-state index is 12.5. The van der Waals surface area contributed by atoms with Crippen molar-refractivity contribution in [2.45, 2.75) is 58.4 Å². The number of rotatable bonds is 7. The van der Waals surface area contributed by atoms with Gasteiger partial charge in [0.1, 0.15) is 0 Å². The highest BCUT2D eigenvalue weighted by Gasteiger charge is 2.19. The van der Waals surface area contributed by atoms with Crippen molar-refractivity contribution in [3.63, 3.8) is 0 Å². The summed E-state index contributed by atoms with van der Waals surface area (Å²) in [6.07, 6.45) is 8.05. The zero-order valence-corrected chi connectivity index (χ0v) is 13.2. The lowest BCUT2D eigenvalue weighted by atomic mass is 10.1. The van der Waals surface area contributed by atoms with Crippen molar-refractivity contribution in [2.24, 2.45) is 0 Å².